The summed E-state index contributed by atoms with van der Waals surface area (Å²) in [5.74, 6) is 0.161. The van der Waals surface area contributed by atoms with Gasteiger partial charge in [-0.2, -0.15) is 10.5 Å². The zero-order chi connectivity index (χ0) is 13.0. The van der Waals surface area contributed by atoms with Crippen LogP contribution in [0.25, 0.3) is 0 Å². The van der Waals surface area contributed by atoms with E-state index in [9.17, 15) is 4.79 Å². The van der Waals surface area contributed by atoms with Crippen LogP contribution >= 0.6 is 0 Å². The summed E-state index contributed by atoms with van der Waals surface area (Å²) in [6, 6.07) is 8.02. The second-order valence-electron chi connectivity index (χ2n) is 3.65. The van der Waals surface area contributed by atoms with Gasteiger partial charge in [-0.3, -0.25) is 4.79 Å². The molecule has 0 spiro atoms. The number of amides is 1. The van der Waals surface area contributed by atoms with E-state index in [0.717, 1.165) is 0 Å². The van der Waals surface area contributed by atoms with Gasteiger partial charge in [-0.25, -0.2) is 0 Å². The van der Waals surface area contributed by atoms with Crippen molar-refractivity contribution >= 4 is 5.91 Å². The number of aromatic amines is 1. The third-order valence-electron chi connectivity index (χ3n) is 2.37. The lowest BCUT2D eigenvalue weighted by Crippen LogP contribution is -2.27. The number of nitrogens with one attached hydrogen (secondary N) is 2. The predicted molar refractivity (Wildman–Crippen MR) is 61.2 cm³/mol. The highest BCUT2D eigenvalue weighted by Crippen LogP contribution is 2.07. The molecule has 1 atom stereocenters. The number of hydrogen-bond acceptors (Lipinski definition) is 5. The van der Waals surface area contributed by atoms with Crippen LogP contribution in [0.2, 0.25) is 0 Å². The second kappa shape index (κ2) is 5.05. The van der Waals surface area contributed by atoms with Gasteiger partial charge in [0, 0.05) is 5.56 Å². The van der Waals surface area contributed by atoms with E-state index >= 15 is 0 Å². The van der Waals surface area contributed by atoms with Gasteiger partial charge < -0.3 is 5.32 Å². The largest absolute Gasteiger partial charge is 0.342 e. The first-order valence-corrected chi connectivity index (χ1v) is 5.25. The third-order valence-corrected chi connectivity index (χ3v) is 2.37. The lowest BCUT2D eigenvalue weighted by molar-refractivity contribution is 0.0938. The summed E-state index contributed by atoms with van der Waals surface area (Å²) in [5.41, 5.74) is 0.988. The monoisotopic (exact) mass is 242 g/mol. The third kappa shape index (κ3) is 2.49. The average Bonchev–Trinajstić information content (AvgIpc) is 2.92. The van der Waals surface area contributed by atoms with Crippen molar-refractivity contribution in [3.8, 4) is 6.07 Å². The first-order valence-electron chi connectivity index (χ1n) is 5.25. The maximum atomic E-state index is 11.9. The van der Waals surface area contributed by atoms with Crippen molar-refractivity contribution in [1.82, 2.24) is 25.9 Å². The highest BCUT2D eigenvalue weighted by atomic mass is 16.1. The van der Waals surface area contributed by atoms with Crippen LogP contribution in [0.5, 0.6) is 0 Å². The van der Waals surface area contributed by atoms with E-state index in [1.807, 2.05) is 6.07 Å². The van der Waals surface area contributed by atoms with Crippen molar-refractivity contribution in [1.29, 1.82) is 5.26 Å². The number of carbonyl (C=O) groups is 1. The lowest BCUT2D eigenvalue weighted by Gasteiger charge is -2.09. The van der Waals surface area contributed by atoms with E-state index in [4.69, 9.17) is 5.26 Å². The lowest BCUT2D eigenvalue weighted by atomic mass is 10.1. The van der Waals surface area contributed by atoms with Crippen molar-refractivity contribution in [2.24, 2.45) is 0 Å². The standard InChI is InChI=1S/C11H10N6O/c1-7(10-14-16-17-15-10)13-11(18)9-4-2-8(6-12)3-5-9/h2-5,7H,1H3,(H,13,18)(H,14,15,16,17). The number of hydrogen-bond donors (Lipinski definition) is 2. The van der Waals surface area contributed by atoms with Crippen LogP contribution in [0, 0.1) is 11.3 Å². The van der Waals surface area contributed by atoms with Gasteiger partial charge in [-0.1, -0.05) is 5.21 Å². The quantitative estimate of drug-likeness (QED) is 0.817. The van der Waals surface area contributed by atoms with Crippen molar-refractivity contribution < 1.29 is 4.79 Å². The molecule has 0 aliphatic heterocycles. The van der Waals surface area contributed by atoms with Gasteiger partial charge in [0.15, 0.2) is 5.82 Å². The van der Waals surface area contributed by atoms with Crippen molar-refractivity contribution in [2.45, 2.75) is 13.0 Å². The molecule has 1 aromatic heterocycles. The Morgan fingerprint density at radius 1 is 1.44 bits per heavy atom. The zero-order valence-corrected chi connectivity index (χ0v) is 9.58. The van der Waals surface area contributed by atoms with Gasteiger partial charge in [-0.15, -0.1) is 10.2 Å². The van der Waals surface area contributed by atoms with Crippen LogP contribution in [-0.2, 0) is 0 Å². The fraction of sp³-hybridized carbons (Fsp3) is 0.182. The molecule has 0 aliphatic carbocycles. The smallest absolute Gasteiger partial charge is 0.251 e. The fourth-order valence-corrected chi connectivity index (χ4v) is 1.39. The first kappa shape index (κ1) is 11.7. The minimum Gasteiger partial charge on any atom is -0.342 e. The molecule has 90 valence electrons. The van der Waals surface area contributed by atoms with Crippen LogP contribution in [0.4, 0.5) is 0 Å². The summed E-state index contributed by atoms with van der Waals surface area (Å²) in [6.45, 7) is 1.76. The van der Waals surface area contributed by atoms with Gasteiger partial charge in [0.05, 0.1) is 17.7 Å². The van der Waals surface area contributed by atoms with Gasteiger partial charge >= 0.3 is 0 Å². The molecule has 2 rings (SSSR count). The van der Waals surface area contributed by atoms with Crippen LogP contribution in [0.15, 0.2) is 24.3 Å². The molecule has 1 heterocycles. The van der Waals surface area contributed by atoms with Crippen LogP contribution in [-0.4, -0.2) is 26.5 Å². The number of H-pyrrole nitrogens is 1. The molecular weight excluding hydrogens is 232 g/mol. The molecule has 1 aromatic carbocycles. The Labute approximate surface area is 103 Å². The first-order chi connectivity index (χ1) is 8.70. The van der Waals surface area contributed by atoms with Crippen molar-refractivity contribution in [2.75, 3.05) is 0 Å². The molecule has 0 saturated carbocycles. The molecule has 0 radical (unpaired) electrons. The number of benzene rings is 1. The molecule has 2 aromatic rings. The molecule has 7 heteroatoms. The van der Waals surface area contributed by atoms with E-state index in [2.05, 4.69) is 25.9 Å². The van der Waals surface area contributed by atoms with Crippen molar-refractivity contribution in [3.63, 3.8) is 0 Å². The summed E-state index contributed by atoms with van der Waals surface area (Å²) in [7, 11) is 0. The Kier molecular flexibility index (Phi) is 3.29. The highest BCUT2D eigenvalue weighted by Gasteiger charge is 2.14. The summed E-state index contributed by atoms with van der Waals surface area (Å²) < 4.78 is 0. The molecule has 18 heavy (non-hydrogen) atoms. The van der Waals surface area contributed by atoms with Gasteiger partial charge in [0.2, 0.25) is 0 Å². The Morgan fingerprint density at radius 2 is 2.17 bits per heavy atom. The number of nitrogens with zero attached hydrogens (tertiary/aromatic N) is 4. The summed E-state index contributed by atoms with van der Waals surface area (Å²) >= 11 is 0. The van der Waals surface area contributed by atoms with Crippen molar-refractivity contribution in [3.05, 3.63) is 41.2 Å². The van der Waals surface area contributed by atoms with Gasteiger partial charge in [0.25, 0.3) is 5.91 Å². The molecule has 2 N–H and O–H groups in total. The zero-order valence-electron chi connectivity index (χ0n) is 9.58. The maximum absolute atomic E-state index is 11.9. The van der Waals surface area contributed by atoms with E-state index in [1.165, 1.54) is 0 Å². The number of carbonyl (C=O) groups excluding carboxylic acids is 1. The summed E-state index contributed by atoms with van der Waals surface area (Å²) in [6.07, 6.45) is 0. The molecule has 0 saturated heterocycles. The Hall–Kier alpha value is -2.75. The molecule has 7 nitrogen and oxygen atoms in total. The number of rotatable bonds is 3. The number of nitriles is 1. The Bertz CT molecular complexity index is 569. The normalized spacial score (nSPS) is 11.6. The molecule has 0 aliphatic rings. The minimum atomic E-state index is -0.341. The second-order valence-corrected chi connectivity index (χ2v) is 3.65. The number of aromatic nitrogens is 4. The van der Waals surface area contributed by atoms with E-state index < -0.39 is 0 Å². The van der Waals surface area contributed by atoms with E-state index in [1.54, 1.807) is 31.2 Å². The Morgan fingerprint density at radius 3 is 2.72 bits per heavy atom. The minimum absolute atomic E-state index is 0.253. The molecule has 0 bridgehead atoms. The SMILES string of the molecule is CC(NC(=O)c1ccc(C#N)cc1)c1nn[nH]n1. The van der Waals surface area contributed by atoms with Crippen LogP contribution < -0.4 is 5.32 Å². The van der Waals surface area contributed by atoms with E-state index in [0.29, 0.717) is 17.0 Å². The number of tetrazole rings is 1. The predicted octanol–water partition coefficient (Wildman–Crippen LogP) is 0.562. The van der Waals surface area contributed by atoms with E-state index in [-0.39, 0.29) is 11.9 Å². The molecule has 0 fully saturated rings. The fourth-order valence-electron chi connectivity index (χ4n) is 1.39. The average molecular weight is 242 g/mol. The topological polar surface area (TPSA) is 107 Å². The maximum Gasteiger partial charge on any atom is 0.251 e. The highest BCUT2D eigenvalue weighted by molar-refractivity contribution is 5.94. The summed E-state index contributed by atoms with van der Waals surface area (Å²) in [5, 5.41) is 24.7. The van der Waals surface area contributed by atoms with Gasteiger partial charge in [0.1, 0.15) is 0 Å². The molecule has 1 amide bonds. The van der Waals surface area contributed by atoms with Crippen LogP contribution in [0.3, 0.4) is 0 Å². The Balaban J connectivity index is 2.05. The molecular formula is C11H10N6O. The van der Waals surface area contributed by atoms with Gasteiger partial charge in [-0.05, 0) is 31.2 Å². The molecule has 1 unspecified atom stereocenters. The van der Waals surface area contributed by atoms with Crippen LogP contribution in [0.1, 0.15) is 34.7 Å². The summed E-state index contributed by atoms with van der Waals surface area (Å²) in [4.78, 5) is 11.9.